The predicted molar refractivity (Wildman–Crippen MR) is 107 cm³/mol. The molecule has 5 heteroatoms. The number of hydrogen-bond donors (Lipinski definition) is 2. The fourth-order valence-electron chi connectivity index (χ4n) is 2.62. The molecule has 136 valence electrons. The molecule has 0 unspecified atom stereocenters. The molecule has 0 saturated heterocycles. The van der Waals surface area contributed by atoms with Gasteiger partial charge < -0.3 is 10.6 Å². The summed E-state index contributed by atoms with van der Waals surface area (Å²) in [4.78, 5) is 29.1. The van der Waals surface area contributed by atoms with E-state index in [2.05, 4.69) is 15.6 Å². The third kappa shape index (κ3) is 4.58. The molecule has 1 aromatic heterocycles. The minimum absolute atomic E-state index is 0.184. The second-order valence-electron chi connectivity index (χ2n) is 6.48. The van der Waals surface area contributed by atoms with Crippen LogP contribution in [0.4, 0.5) is 11.4 Å². The summed E-state index contributed by atoms with van der Waals surface area (Å²) in [6, 6.07) is 18.0. The van der Waals surface area contributed by atoms with E-state index in [9.17, 15) is 9.59 Å². The first-order chi connectivity index (χ1) is 12.9. The smallest absolute Gasteiger partial charge is 0.274 e. The molecule has 0 aliphatic carbocycles. The molecule has 0 bridgehead atoms. The van der Waals surface area contributed by atoms with Crippen molar-refractivity contribution in [3.05, 3.63) is 88.7 Å². The van der Waals surface area contributed by atoms with Crippen LogP contribution in [-0.2, 0) is 0 Å². The van der Waals surface area contributed by atoms with Crippen molar-refractivity contribution in [3.8, 4) is 0 Å². The average Bonchev–Trinajstić information content (AvgIpc) is 2.65. The van der Waals surface area contributed by atoms with Crippen molar-refractivity contribution >= 4 is 23.2 Å². The Kier molecular flexibility index (Phi) is 5.31. The highest BCUT2D eigenvalue weighted by atomic mass is 16.2. The molecule has 2 amide bonds. The Hall–Kier alpha value is -3.47. The zero-order chi connectivity index (χ0) is 19.4. The zero-order valence-corrected chi connectivity index (χ0v) is 15.5. The monoisotopic (exact) mass is 359 g/mol. The minimum Gasteiger partial charge on any atom is -0.321 e. The maximum absolute atomic E-state index is 12.5. The summed E-state index contributed by atoms with van der Waals surface area (Å²) < 4.78 is 0. The predicted octanol–water partition coefficient (Wildman–Crippen LogP) is 4.51. The molecule has 0 spiro atoms. The topological polar surface area (TPSA) is 71.1 Å². The van der Waals surface area contributed by atoms with Crippen molar-refractivity contribution in [2.75, 3.05) is 10.6 Å². The molecule has 1 heterocycles. The standard InChI is InChI=1S/C22H21N3O2/c1-14-6-4-7-17(12-14)23-21(26)19-8-5-9-20(25-19)22(27)24-18-11-10-15(2)16(3)13-18/h4-13H,1-3H3,(H,23,26)(H,24,27). The van der Waals surface area contributed by atoms with E-state index in [4.69, 9.17) is 0 Å². The number of hydrogen-bond acceptors (Lipinski definition) is 3. The number of aromatic nitrogens is 1. The van der Waals surface area contributed by atoms with Gasteiger partial charge in [0.1, 0.15) is 11.4 Å². The molecule has 0 aliphatic rings. The normalized spacial score (nSPS) is 10.3. The van der Waals surface area contributed by atoms with Gasteiger partial charge in [0.15, 0.2) is 0 Å². The van der Waals surface area contributed by atoms with E-state index in [-0.39, 0.29) is 23.2 Å². The van der Waals surface area contributed by atoms with Gasteiger partial charge in [0.2, 0.25) is 0 Å². The number of rotatable bonds is 4. The van der Waals surface area contributed by atoms with E-state index in [1.165, 1.54) is 0 Å². The van der Waals surface area contributed by atoms with Gasteiger partial charge in [-0.2, -0.15) is 0 Å². The number of anilines is 2. The second-order valence-corrected chi connectivity index (χ2v) is 6.48. The summed E-state index contributed by atoms with van der Waals surface area (Å²) in [6.45, 7) is 5.95. The van der Waals surface area contributed by atoms with Gasteiger partial charge in [0.05, 0.1) is 0 Å². The number of carbonyl (C=O) groups is 2. The zero-order valence-electron chi connectivity index (χ0n) is 15.5. The van der Waals surface area contributed by atoms with E-state index in [1.54, 1.807) is 24.3 Å². The highest BCUT2D eigenvalue weighted by Crippen LogP contribution is 2.15. The van der Waals surface area contributed by atoms with Crippen molar-refractivity contribution in [1.82, 2.24) is 4.98 Å². The van der Waals surface area contributed by atoms with Crippen molar-refractivity contribution < 1.29 is 9.59 Å². The summed E-state index contributed by atoms with van der Waals surface area (Å²) >= 11 is 0. The maximum atomic E-state index is 12.5. The lowest BCUT2D eigenvalue weighted by Gasteiger charge is -2.09. The number of aryl methyl sites for hydroxylation is 3. The Morgan fingerprint density at radius 1 is 0.704 bits per heavy atom. The lowest BCUT2D eigenvalue weighted by atomic mass is 10.1. The summed E-state index contributed by atoms with van der Waals surface area (Å²) in [6.07, 6.45) is 0. The van der Waals surface area contributed by atoms with Gasteiger partial charge in [-0.3, -0.25) is 9.59 Å². The molecule has 3 rings (SSSR count). The Labute approximate surface area is 158 Å². The van der Waals surface area contributed by atoms with Gasteiger partial charge >= 0.3 is 0 Å². The molecule has 0 aliphatic heterocycles. The molecule has 0 radical (unpaired) electrons. The second kappa shape index (κ2) is 7.83. The van der Waals surface area contributed by atoms with Crippen LogP contribution >= 0.6 is 0 Å². The Morgan fingerprint density at radius 2 is 1.30 bits per heavy atom. The van der Waals surface area contributed by atoms with Crippen LogP contribution in [0.3, 0.4) is 0 Å². The molecule has 2 aromatic carbocycles. The van der Waals surface area contributed by atoms with E-state index in [1.807, 2.05) is 57.2 Å². The van der Waals surface area contributed by atoms with Crippen LogP contribution in [-0.4, -0.2) is 16.8 Å². The summed E-state index contributed by atoms with van der Waals surface area (Å²) in [5, 5.41) is 5.61. The van der Waals surface area contributed by atoms with Crippen LogP contribution in [0.25, 0.3) is 0 Å². The van der Waals surface area contributed by atoms with Gasteiger partial charge in [-0.25, -0.2) is 4.98 Å². The Bertz CT molecular complexity index is 1010. The Morgan fingerprint density at radius 3 is 1.89 bits per heavy atom. The first kappa shape index (κ1) is 18.3. The van der Waals surface area contributed by atoms with Gasteiger partial charge in [-0.1, -0.05) is 24.3 Å². The lowest BCUT2D eigenvalue weighted by Crippen LogP contribution is -2.18. The third-order valence-corrected chi connectivity index (χ3v) is 4.26. The van der Waals surface area contributed by atoms with E-state index in [0.717, 1.165) is 16.7 Å². The van der Waals surface area contributed by atoms with E-state index < -0.39 is 0 Å². The highest BCUT2D eigenvalue weighted by molar-refractivity contribution is 6.06. The highest BCUT2D eigenvalue weighted by Gasteiger charge is 2.13. The number of carbonyl (C=O) groups excluding carboxylic acids is 2. The molecule has 2 N–H and O–H groups in total. The molecular weight excluding hydrogens is 338 g/mol. The van der Waals surface area contributed by atoms with Crippen LogP contribution in [0.15, 0.2) is 60.7 Å². The van der Waals surface area contributed by atoms with Gasteiger partial charge in [0, 0.05) is 11.4 Å². The number of benzene rings is 2. The third-order valence-electron chi connectivity index (χ3n) is 4.26. The number of nitrogens with one attached hydrogen (secondary N) is 2. The molecule has 0 atom stereocenters. The first-order valence-electron chi connectivity index (χ1n) is 8.66. The number of amides is 2. The van der Waals surface area contributed by atoms with Crippen LogP contribution < -0.4 is 10.6 Å². The van der Waals surface area contributed by atoms with Crippen molar-refractivity contribution in [3.63, 3.8) is 0 Å². The molecular formula is C22H21N3O2. The van der Waals surface area contributed by atoms with Gasteiger partial charge in [-0.15, -0.1) is 0 Å². The number of pyridine rings is 1. The molecule has 5 nitrogen and oxygen atoms in total. The Balaban J connectivity index is 1.75. The quantitative estimate of drug-likeness (QED) is 0.720. The molecule has 3 aromatic rings. The SMILES string of the molecule is Cc1cccc(NC(=O)c2cccc(C(=O)Nc3ccc(C)c(C)c3)n2)c1. The fraction of sp³-hybridized carbons (Fsp3) is 0.136. The van der Waals surface area contributed by atoms with Crippen molar-refractivity contribution in [1.29, 1.82) is 0 Å². The van der Waals surface area contributed by atoms with E-state index >= 15 is 0 Å². The maximum Gasteiger partial charge on any atom is 0.274 e. The van der Waals surface area contributed by atoms with Crippen LogP contribution in [0.5, 0.6) is 0 Å². The summed E-state index contributed by atoms with van der Waals surface area (Å²) in [5.74, 6) is -0.718. The van der Waals surface area contributed by atoms with Crippen LogP contribution in [0.1, 0.15) is 37.7 Å². The number of nitrogens with zero attached hydrogens (tertiary/aromatic N) is 1. The average molecular weight is 359 g/mol. The van der Waals surface area contributed by atoms with Crippen LogP contribution in [0, 0.1) is 20.8 Å². The van der Waals surface area contributed by atoms with Crippen molar-refractivity contribution in [2.45, 2.75) is 20.8 Å². The minimum atomic E-state index is -0.360. The first-order valence-corrected chi connectivity index (χ1v) is 8.66. The largest absolute Gasteiger partial charge is 0.321 e. The lowest BCUT2D eigenvalue weighted by molar-refractivity contribution is 0.101. The van der Waals surface area contributed by atoms with Crippen molar-refractivity contribution in [2.24, 2.45) is 0 Å². The van der Waals surface area contributed by atoms with Crippen LogP contribution in [0.2, 0.25) is 0 Å². The summed E-state index contributed by atoms with van der Waals surface area (Å²) in [7, 11) is 0. The molecule has 27 heavy (non-hydrogen) atoms. The van der Waals surface area contributed by atoms with Gasteiger partial charge in [0.25, 0.3) is 11.8 Å². The summed E-state index contributed by atoms with van der Waals surface area (Å²) in [5.41, 5.74) is 5.04. The fourth-order valence-corrected chi connectivity index (χ4v) is 2.62. The van der Waals surface area contributed by atoms with Gasteiger partial charge in [-0.05, 0) is 73.9 Å². The molecule has 0 saturated carbocycles. The van der Waals surface area contributed by atoms with E-state index in [0.29, 0.717) is 11.4 Å². The molecule has 0 fully saturated rings.